The molecule has 0 unspecified atom stereocenters. The zero-order chi connectivity index (χ0) is 23.3. The average molecular weight is 447 g/mol. The maximum atomic E-state index is 12.9. The van der Waals surface area contributed by atoms with Crippen molar-refractivity contribution >= 4 is 21.6 Å². The number of hydrogen-bond donors (Lipinski definition) is 1. The molecular formula is C24H34N2O4S. The molecule has 1 amide bonds. The molecule has 0 fully saturated rings. The Morgan fingerprint density at radius 3 is 2.32 bits per heavy atom. The van der Waals surface area contributed by atoms with E-state index >= 15 is 0 Å². The van der Waals surface area contributed by atoms with E-state index in [0.717, 1.165) is 34.3 Å². The summed E-state index contributed by atoms with van der Waals surface area (Å²) in [5, 5.41) is 2.96. The normalized spacial score (nSPS) is 12.5. The molecule has 6 nitrogen and oxygen atoms in total. The molecule has 1 atom stereocenters. The van der Waals surface area contributed by atoms with Crippen LogP contribution in [0.3, 0.4) is 0 Å². The van der Waals surface area contributed by atoms with Crippen LogP contribution >= 0.6 is 0 Å². The fraction of sp³-hybridized carbons (Fsp3) is 0.458. The Labute approximate surface area is 186 Å². The van der Waals surface area contributed by atoms with Gasteiger partial charge in [-0.3, -0.25) is 9.10 Å². The monoisotopic (exact) mass is 446 g/mol. The largest absolute Gasteiger partial charge is 0.496 e. The van der Waals surface area contributed by atoms with Gasteiger partial charge in [-0.05, 0) is 66.6 Å². The van der Waals surface area contributed by atoms with Crippen LogP contribution in [0.1, 0.15) is 61.9 Å². The van der Waals surface area contributed by atoms with Crippen molar-refractivity contribution in [2.24, 2.45) is 0 Å². The molecule has 0 spiro atoms. The molecule has 0 aliphatic carbocycles. The van der Waals surface area contributed by atoms with E-state index in [0.29, 0.717) is 12.1 Å². The van der Waals surface area contributed by atoms with E-state index in [4.69, 9.17) is 4.74 Å². The van der Waals surface area contributed by atoms with Gasteiger partial charge in [0, 0.05) is 0 Å². The zero-order valence-corrected chi connectivity index (χ0v) is 20.3. The molecule has 2 rings (SSSR count). The number of benzene rings is 2. The lowest BCUT2D eigenvalue weighted by Crippen LogP contribution is -2.41. The third kappa shape index (κ3) is 6.00. The minimum absolute atomic E-state index is 0.267. The number of para-hydroxylation sites is 1. The van der Waals surface area contributed by atoms with Gasteiger partial charge >= 0.3 is 0 Å². The lowest BCUT2D eigenvalue weighted by Gasteiger charge is -2.26. The summed E-state index contributed by atoms with van der Waals surface area (Å²) in [6, 6.07) is 11.0. The van der Waals surface area contributed by atoms with Gasteiger partial charge in [-0.1, -0.05) is 39.0 Å². The third-order valence-electron chi connectivity index (χ3n) is 5.41. The van der Waals surface area contributed by atoms with E-state index < -0.39 is 10.0 Å². The highest BCUT2D eigenvalue weighted by molar-refractivity contribution is 7.92. The Kier molecular flexibility index (Phi) is 8.12. The molecule has 0 bridgehead atoms. The molecule has 0 aliphatic rings. The van der Waals surface area contributed by atoms with Crippen molar-refractivity contribution in [2.45, 2.75) is 53.0 Å². The van der Waals surface area contributed by atoms with Gasteiger partial charge in [-0.2, -0.15) is 0 Å². The summed E-state index contributed by atoms with van der Waals surface area (Å²) in [6.45, 7) is 9.75. The number of sulfonamides is 1. The molecule has 0 saturated carbocycles. The molecule has 0 heterocycles. The lowest BCUT2D eigenvalue weighted by molar-refractivity contribution is -0.120. The van der Waals surface area contributed by atoms with Gasteiger partial charge in [0.2, 0.25) is 15.9 Å². The number of carbonyl (C=O) groups is 1. The molecule has 2 aromatic rings. The van der Waals surface area contributed by atoms with Crippen LogP contribution in [0.2, 0.25) is 0 Å². The van der Waals surface area contributed by atoms with Crippen molar-refractivity contribution in [3.63, 3.8) is 0 Å². The Morgan fingerprint density at radius 2 is 1.77 bits per heavy atom. The summed E-state index contributed by atoms with van der Waals surface area (Å²) in [4.78, 5) is 12.9. The van der Waals surface area contributed by atoms with E-state index in [2.05, 4.69) is 25.2 Å². The molecule has 0 aliphatic heterocycles. The van der Waals surface area contributed by atoms with Gasteiger partial charge in [0.05, 0.1) is 25.1 Å². The van der Waals surface area contributed by atoms with Crippen LogP contribution in [0, 0.1) is 6.92 Å². The van der Waals surface area contributed by atoms with Crippen LogP contribution in [-0.2, 0) is 21.2 Å². The summed E-state index contributed by atoms with van der Waals surface area (Å²) < 4.78 is 31.6. The third-order valence-corrected chi connectivity index (χ3v) is 6.54. The van der Waals surface area contributed by atoms with E-state index in [9.17, 15) is 13.2 Å². The van der Waals surface area contributed by atoms with Crippen molar-refractivity contribution in [3.8, 4) is 5.75 Å². The molecule has 2 aromatic carbocycles. The highest BCUT2D eigenvalue weighted by Crippen LogP contribution is 2.32. The molecule has 0 aromatic heterocycles. The predicted octanol–water partition coefficient (Wildman–Crippen LogP) is 4.33. The van der Waals surface area contributed by atoms with Crippen LogP contribution < -0.4 is 14.4 Å². The average Bonchev–Trinajstić information content (AvgIpc) is 2.70. The van der Waals surface area contributed by atoms with Gasteiger partial charge in [-0.25, -0.2) is 8.42 Å². The maximum Gasteiger partial charge on any atom is 0.241 e. The number of hydrogen-bond acceptors (Lipinski definition) is 4. The first-order valence-electron chi connectivity index (χ1n) is 10.5. The van der Waals surface area contributed by atoms with Crippen LogP contribution in [0.4, 0.5) is 5.69 Å². The van der Waals surface area contributed by atoms with Crippen LogP contribution in [0.15, 0.2) is 36.4 Å². The van der Waals surface area contributed by atoms with Gasteiger partial charge in [0.25, 0.3) is 0 Å². The molecule has 7 heteroatoms. The summed E-state index contributed by atoms with van der Waals surface area (Å²) in [5.41, 5.74) is 4.47. The maximum absolute atomic E-state index is 12.9. The number of carbonyl (C=O) groups excluding carboxylic acids is 1. The van der Waals surface area contributed by atoms with Crippen molar-refractivity contribution < 1.29 is 17.9 Å². The summed E-state index contributed by atoms with van der Waals surface area (Å²) in [6.07, 6.45) is 1.79. The van der Waals surface area contributed by atoms with Crippen molar-refractivity contribution in [1.82, 2.24) is 5.32 Å². The number of ether oxygens (including phenoxy) is 1. The fourth-order valence-electron chi connectivity index (χ4n) is 3.74. The first-order valence-corrected chi connectivity index (χ1v) is 12.4. The topological polar surface area (TPSA) is 75.7 Å². The second kappa shape index (κ2) is 10.2. The van der Waals surface area contributed by atoms with E-state index in [1.165, 1.54) is 4.31 Å². The molecule has 170 valence electrons. The van der Waals surface area contributed by atoms with Crippen molar-refractivity contribution in [2.75, 3.05) is 24.2 Å². The SMILES string of the molecule is CCc1ccccc1N(CC(=O)N[C@H](C)c1cc(C(C)C)c(OC)cc1C)S(C)(=O)=O. The van der Waals surface area contributed by atoms with Gasteiger partial charge < -0.3 is 10.1 Å². The van der Waals surface area contributed by atoms with E-state index in [-0.39, 0.29) is 24.4 Å². The van der Waals surface area contributed by atoms with Crippen molar-refractivity contribution in [1.29, 1.82) is 0 Å². The number of amides is 1. The van der Waals surface area contributed by atoms with Gasteiger partial charge in [0.15, 0.2) is 0 Å². The van der Waals surface area contributed by atoms with Crippen molar-refractivity contribution in [3.05, 3.63) is 58.7 Å². The Morgan fingerprint density at radius 1 is 1.13 bits per heavy atom. The summed E-state index contributed by atoms with van der Waals surface area (Å²) >= 11 is 0. The second-order valence-corrected chi connectivity index (χ2v) is 10.1. The Balaban J connectivity index is 2.28. The van der Waals surface area contributed by atoms with Crippen LogP contribution in [0.25, 0.3) is 0 Å². The minimum atomic E-state index is -3.63. The number of aryl methyl sites for hydroxylation is 2. The number of anilines is 1. The van der Waals surface area contributed by atoms with Gasteiger partial charge in [0.1, 0.15) is 12.3 Å². The number of nitrogens with zero attached hydrogens (tertiary/aromatic N) is 1. The molecule has 31 heavy (non-hydrogen) atoms. The molecular weight excluding hydrogens is 412 g/mol. The Hall–Kier alpha value is -2.54. The van der Waals surface area contributed by atoms with E-state index in [1.807, 2.05) is 39.0 Å². The predicted molar refractivity (Wildman–Crippen MR) is 126 cm³/mol. The first-order chi connectivity index (χ1) is 14.5. The fourth-order valence-corrected chi connectivity index (χ4v) is 4.63. The minimum Gasteiger partial charge on any atom is -0.496 e. The highest BCUT2D eigenvalue weighted by Gasteiger charge is 2.24. The molecule has 0 saturated heterocycles. The standard InChI is InChI=1S/C24H34N2O4S/c1-8-19-11-9-10-12-22(19)26(31(7,28)29)15-24(27)25-18(5)21-14-20(16(2)3)23(30-6)13-17(21)4/h9-14,16,18H,8,15H2,1-7H3,(H,25,27)/t18-/m1/s1. The first kappa shape index (κ1) is 24.7. The Bertz CT molecular complexity index is 1030. The van der Waals surface area contributed by atoms with Crippen LogP contribution in [-0.4, -0.2) is 34.2 Å². The lowest BCUT2D eigenvalue weighted by atomic mass is 9.93. The zero-order valence-electron chi connectivity index (χ0n) is 19.5. The smallest absolute Gasteiger partial charge is 0.241 e. The van der Waals surface area contributed by atoms with E-state index in [1.54, 1.807) is 19.2 Å². The number of rotatable bonds is 9. The second-order valence-electron chi connectivity index (χ2n) is 8.15. The van der Waals surface area contributed by atoms with Crippen LogP contribution in [0.5, 0.6) is 5.75 Å². The quantitative estimate of drug-likeness (QED) is 0.622. The molecule has 0 radical (unpaired) electrons. The van der Waals surface area contributed by atoms with Gasteiger partial charge in [-0.15, -0.1) is 0 Å². The summed E-state index contributed by atoms with van der Waals surface area (Å²) in [7, 11) is -1.97. The number of methoxy groups -OCH3 is 1. The number of nitrogens with one attached hydrogen (secondary N) is 1. The summed E-state index contributed by atoms with van der Waals surface area (Å²) in [5.74, 6) is 0.739. The molecule has 1 N–H and O–H groups in total. The highest BCUT2D eigenvalue weighted by atomic mass is 32.2.